The first-order valence-corrected chi connectivity index (χ1v) is 10.7. The van der Waals surface area contributed by atoms with Crippen molar-refractivity contribution in [3.05, 3.63) is 96.2 Å². The lowest BCUT2D eigenvalue weighted by Gasteiger charge is -2.09. The highest BCUT2D eigenvalue weighted by atomic mass is 32.1. The molecule has 2 aromatic carbocycles. The van der Waals surface area contributed by atoms with E-state index in [2.05, 4.69) is 4.98 Å². The van der Waals surface area contributed by atoms with Crippen molar-refractivity contribution in [1.29, 1.82) is 0 Å². The van der Waals surface area contributed by atoms with E-state index in [9.17, 15) is 9.59 Å². The summed E-state index contributed by atoms with van der Waals surface area (Å²) in [5.74, 6) is 1.24. The molecule has 4 rings (SSSR count). The van der Waals surface area contributed by atoms with Crippen LogP contribution < -0.4 is 25.1 Å². The molecule has 6 nitrogen and oxygen atoms in total. The number of thiazole rings is 1. The molecule has 2 heterocycles. The first kappa shape index (κ1) is 20.8. The van der Waals surface area contributed by atoms with Crippen molar-refractivity contribution in [1.82, 2.24) is 9.38 Å². The van der Waals surface area contributed by atoms with E-state index in [4.69, 9.17) is 9.47 Å². The minimum atomic E-state index is -0.295. The molecular weight excluding hydrogens is 412 g/mol. The molecule has 0 aliphatic heterocycles. The molecule has 31 heavy (non-hydrogen) atoms. The third-order valence-electron chi connectivity index (χ3n) is 5.04. The number of methoxy groups -OCH3 is 1. The summed E-state index contributed by atoms with van der Waals surface area (Å²) in [6.07, 6.45) is 2.21. The van der Waals surface area contributed by atoms with E-state index in [0.717, 1.165) is 11.1 Å². The van der Waals surface area contributed by atoms with Crippen LogP contribution in [-0.4, -0.2) is 23.1 Å². The fraction of sp³-hybridized carbons (Fsp3) is 0.208. The second-order valence-corrected chi connectivity index (χ2v) is 8.03. The van der Waals surface area contributed by atoms with Crippen LogP contribution in [0.3, 0.4) is 0 Å². The Balaban J connectivity index is 1.82. The van der Waals surface area contributed by atoms with Crippen molar-refractivity contribution >= 4 is 22.4 Å². The summed E-state index contributed by atoms with van der Waals surface area (Å²) in [5, 5.41) is 0. The topological polar surface area (TPSA) is 69.9 Å². The zero-order chi connectivity index (χ0) is 22.0. The zero-order valence-corrected chi connectivity index (χ0v) is 18.4. The molecule has 0 unspecified atom stereocenters. The Kier molecular flexibility index (Phi) is 5.86. The Morgan fingerprint density at radius 1 is 1.10 bits per heavy atom. The zero-order valence-electron chi connectivity index (χ0n) is 17.5. The lowest BCUT2D eigenvalue weighted by molar-refractivity contribution is 0.311. The van der Waals surface area contributed by atoms with Gasteiger partial charge in [0.05, 0.1) is 18.2 Å². The van der Waals surface area contributed by atoms with Gasteiger partial charge in [-0.05, 0) is 43.2 Å². The Morgan fingerprint density at radius 2 is 1.87 bits per heavy atom. The maximum Gasteiger partial charge on any atom is 0.277 e. The van der Waals surface area contributed by atoms with E-state index in [1.807, 2.05) is 55.5 Å². The van der Waals surface area contributed by atoms with Crippen LogP contribution in [0.1, 0.15) is 29.3 Å². The molecule has 0 N–H and O–H groups in total. The van der Waals surface area contributed by atoms with Crippen molar-refractivity contribution < 1.29 is 9.47 Å². The first-order valence-electron chi connectivity index (χ1n) is 9.93. The van der Waals surface area contributed by atoms with Gasteiger partial charge in [-0.25, -0.2) is 0 Å². The van der Waals surface area contributed by atoms with Gasteiger partial charge in [-0.15, -0.1) is 0 Å². The third-order valence-corrected chi connectivity index (χ3v) is 6.01. The molecule has 0 bridgehead atoms. The number of benzene rings is 2. The molecular formula is C24H22N2O4S. The molecule has 0 aliphatic carbocycles. The van der Waals surface area contributed by atoms with E-state index in [0.29, 0.717) is 45.3 Å². The van der Waals surface area contributed by atoms with Gasteiger partial charge in [-0.3, -0.25) is 14.0 Å². The average molecular weight is 435 g/mol. The van der Waals surface area contributed by atoms with Crippen molar-refractivity contribution in [2.75, 3.05) is 13.7 Å². The first-order chi connectivity index (χ1) is 15.0. The van der Waals surface area contributed by atoms with Crippen LogP contribution in [0.15, 0.2) is 58.1 Å². The number of rotatable bonds is 6. The van der Waals surface area contributed by atoms with Crippen molar-refractivity contribution in [3.8, 4) is 11.5 Å². The molecule has 0 radical (unpaired) electrons. The van der Waals surface area contributed by atoms with E-state index < -0.39 is 0 Å². The number of aromatic nitrogens is 2. The van der Waals surface area contributed by atoms with Gasteiger partial charge < -0.3 is 9.47 Å². The SMILES string of the molecule is CCOc1ccc(/C=c2/sc3nc(=O)c(Cc4ccccc4)c(C)n3c2=O)cc1OC. The maximum absolute atomic E-state index is 13.1. The number of hydrogen-bond donors (Lipinski definition) is 0. The second-order valence-electron chi connectivity index (χ2n) is 7.02. The Labute approximate surface area is 183 Å². The lowest BCUT2D eigenvalue weighted by Crippen LogP contribution is -2.27. The highest BCUT2D eigenvalue weighted by Gasteiger charge is 2.15. The molecule has 0 spiro atoms. The molecule has 0 aliphatic rings. The largest absolute Gasteiger partial charge is 0.493 e. The van der Waals surface area contributed by atoms with Crippen LogP contribution in [0.2, 0.25) is 0 Å². The predicted molar refractivity (Wildman–Crippen MR) is 123 cm³/mol. The van der Waals surface area contributed by atoms with Crippen molar-refractivity contribution in [3.63, 3.8) is 0 Å². The van der Waals surface area contributed by atoms with Gasteiger partial charge in [0.2, 0.25) is 4.96 Å². The maximum atomic E-state index is 13.1. The van der Waals surface area contributed by atoms with E-state index in [1.165, 1.54) is 15.7 Å². The summed E-state index contributed by atoms with van der Waals surface area (Å²) >= 11 is 1.20. The number of aryl methyl sites for hydroxylation is 1. The van der Waals surface area contributed by atoms with Crippen LogP contribution >= 0.6 is 11.3 Å². The average Bonchev–Trinajstić information content (AvgIpc) is 3.08. The fourth-order valence-corrected chi connectivity index (χ4v) is 4.50. The van der Waals surface area contributed by atoms with Gasteiger partial charge in [0.15, 0.2) is 11.5 Å². The second kappa shape index (κ2) is 8.73. The summed E-state index contributed by atoms with van der Waals surface area (Å²) < 4.78 is 13.0. The molecule has 0 saturated carbocycles. The third kappa shape index (κ3) is 4.09. The molecule has 0 amide bonds. The number of ether oxygens (including phenoxy) is 2. The van der Waals surface area contributed by atoms with Crippen LogP contribution in [0.5, 0.6) is 11.5 Å². The van der Waals surface area contributed by atoms with Crippen LogP contribution in [-0.2, 0) is 6.42 Å². The molecule has 2 aromatic heterocycles. The van der Waals surface area contributed by atoms with Crippen LogP contribution in [0.25, 0.3) is 11.0 Å². The van der Waals surface area contributed by atoms with Gasteiger partial charge in [0, 0.05) is 17.7 Å². The highest BCUT2D eigenvalue weighted by Crippen LogP contribution is 2.28. The predicted octanol–water partition coefficient (Wildman–Crippen LogP) is 2.97. The molecule has 4 aromatic rings. The van der Waals surface area contributed by atoms with Gasteiger partial charge in [-0.1, -0.05) is 47.7 Å². The van der Waals surface area contributed by atoms with Gasteiger partial charge >= 0.3 is 0 Å². The Bertz CT molecular complexity index is 1410. The van der Waals surface area contributed by atoms with Crippen LogP contribution in [0.4, 0.5) is 0 Å². The quantitative estimate of drug-likeness (QED) is 0.467. The summed E-state index contributed by atoms with van der Waals surface area (Å²) in [5.41, 5.74) is 2.48. The van der Waals surface area contributed by atoms with Gasteiger partial charge in [0.25, 0.3) is 11.1 Å². The monoisotopic (exact) mass is 434 g/mol. The number of nitrogens with zero attached hydrogens (tertiary/aromatic N) is 2. The minimum absolute atomic E-state index is 0.188. The van der Waals surface area contributed by atoms with E-state index >= 15 is 0 Å². The van der Waals surface area contributed by atoms with E-state index in [1.54, 1.807) is 20.1 Å². The smallest absolute Gasteiger partial charge is 0.277 e. The van der Waals surface area contributed by atoms with Crippen LogP contribution in [0, 0.1) is 6.92 Å². The summed E-state index contributed by atoms with van der Waals surface area (Å²) in [7, 11) is 1.58. The highest BCUT2D eigenvalue weighted by molar-refractivity contribution is 7.15. The number of hydrogen-bond acceptors (Lipinski definition) is 6. The molecule has 0 saturated heterocycles. The number of fused-ring (bicyclic) bond motifs is 1. The minimum Gasteiger partial charge on any atom is -0.493 e. The van der Waals surface area contributed by atoms with Gasteiger partial charge in [-0.2, -0.15) is 4.98 Å². The standard InChI is InChI=1S/C24H22N2O4S/c1-4-30-19-11-10-17(13-20(19)29-3)14-21-23(28)26-15(2)18(22(27)25-24(26)31-21)12-16-8-6-5-7-9-16/h5-11,13-14H,4,12H2,1-3H3/b21-14+. The molecule has 7 heteroatoms. The van der Waals surface area contributed by atoms with Gasteiger partial charge in [0.1, 0.15) is 0 Å². The molecule has 0 atom stereocenters. The Morgan fingerprint density at radius 3 is 2.58 bits per heavy atom. The lowest BCUT2D eigenvalue weighted by atomic mass is 10.1. The van der Waals surface area contributed by atoms with E-state index in [-0.39, 0.29) is 11.1 Å². The Hall–Kier alpha value is -3.45. The molecule has 0 fully saturated rings. The fourth-order valence-electron chi connectivity index (χ4n) is 3.49. The summed E-state index contributed by atoms with van der Waals surface area (Å²) in [6.45, 7) is 4.24. The normalized spacial score (nSPS) is 11.8. The summed E-state index contributed by atoms with van der Waals surface area (Å²) in [4.78, 5) is 30.4. The van der Waals surface area contributed by atoms with Crippen molar-refractivity contribution in [2.45, 2.75) is 20.3 Å². The summed E-state index contributed by atoms with van der Waals surface area (Å²) in [6, 6.07) is 15.2. The molecule has 158 valence electrons. The van der Waals surface area contributed by atoms with Crippen molar-refractivity contribution in [2.24, 2.45) is 0 Å².